The SMILES string of the molecule is O=C(COc1ccc(Cl)cc1)N[C@@H]1CC(=O)N(c2ccc(F)cc2)C1. The second-order valence-corrected chi connectivity index (χ2v) is 6.13. The first kappa shape index (κ1) is 17.2. The summed E-state index contributed by atoms with van der Waals surface area (Å²) in [6, 6.07) is 12.1. The average Bonchev–Trinajstić information content (AvgIpc) is 2.95. The largest absolute Gasteiger partial charge is 0.484 e. The van der Waals surface area contributed by atoms with Crippen LogP contribution in [0, 0.1) is 5.82 Å². The number of rotatable bonds is 5. The van der Waals surface area contributed by atoms with Crippen LogP contribution in [-0.4, -0.2) is 31.0 Å². The molecule has 1 heterocycles. The summed E-state index contributed by atoms with van der Waals surface area (Å²) in [6.07, 6.45) is 0.198. The normalized spacial score (nSPS) is 16.8. The van der Waals surface area contributed by atoms with Gasteiger partial charge >= 0.3 is 0 Å². The predicted octanol–water partition coefficient (Wildman–Crippen LogP) is 2.78. The van der Waals surface area contributed by atoms with Crippen molar-refractivity contribution in [2.24, 2.45) is 0 Å². The Bertz CT molecular complexity index is 765. The van der Waals surface area contributed by atoms with Gasteiger partial charge in [0.2, 0.25) is 5.91 Å². The van der Waals surface area contributed by atoms with Crippen LogP contribution < -0.4 is 15.0 Å². The van der Waals surface area contributed by atoms with Crippen LogP contribution in [0.1, 0.15) is 6.42 Å². The summed E-state index contributed by atoms with van der Waals surface area (Å²) in [4.78, 5) is 25.6. The molecule has 1 aliphatic rings. The summed E-state index contributed by atoms with van der Waals surface area (Å²) in [5, 5.41) is 3.36. The zero-order chi connectivity index (χ0) is 17.8. The fourth-order valence-corrected chi connectivity index (χ4v) is 2.75. The molecule has 0 spiro atoms. The summed E-state index contributed by atoms with van der Waals surface area (Å²) >= 11 is 5.78. The van der Waals surface area contributed by atoms with E-state index in [1.807, 2.05) is 0 Å². The molecule has 1 saturated heterocycles. The highest BCUT2D eigenvalue weighted by atomic mass is 35.5. The summed E-state index contributed by atoms with van der Waals surface area (Å²) in [5.74, 6) is -0.251. The average molecular weight is 363 g/mol. The standard InChI is InChI=1S/C18H16ClFN2O3/c19-12-1-7-16(8-2-12)25-11-17(23)21-14-9-18(24)22(10-14)15-5-3-13(20)4-6-15/h1-8,14H,9-11H2,(H,21,23)/t14-/m1/s1. The first-order chi connectivity index (χ1) is 12.0. The lowest BCUT2D eigenvalue weighted by Crippen LogP contribution is -2.39. The summed E-state index contributed by atoms with van der Waals surface area (Å²) in [5.41, 5.74) is 0.612. The maximum absolute atomic E-state index is 13.0. The van der Waals surface area contributed by atoms with E-state index in [0.29, 0.717) is 23.0 Å². The number of anilines is 1. The van der Waals surface area contributed by atoms with E-state index in [1.54, 1.807) is 36.4 Å². The highest BCUT2D eigenvalue weighted by molar-refractivity contribution is 6.30. The minimum Gasteiger partial charge on any atom is -0.484 e. The lowest BCUT2D eigenvalue weighted by Gasteiger charge is -2.17. The van der Waals surface area contributed by atoms with Crippen molar-refractivity contribution in [3.63, 3.8) is 0 Å². The third kappa shape index (κ3) is 4.48. The van der Waals surface area contributed by atoms with Gasteiger partial charge in [-0.15, -0.1) is 0 Å². The molecule has 5 nitrogen and oxygen atoms in total. The molecule has 2 aromatic rings. The van der Waals surface area contributed by atoms with Crippen molar-refractivity contribution in [1.82, 2.24) is 5.32 Å². The van der Waals surface area contributed by atoms with E-state index < -0.39 is 0 Å². The molecule has 1 aliphatic heterocycles. The fraction of sp³-hybridized carbons (Fsp3) is 0.222. The quantitative estimate of drug-likeness (QED) is 0.889. The predicted molar refractivity (Wildman–Crippen MR) is 92.2 cm³/mol. The van der Waals surface area contributed by atoms with Gasteiger partial charge in [-0.25, -0.2) is 4.39 Å². The molecular weight excluding hydrogens is 347 g/mol. The molecule has 0 bridgehead atoms. The molecule has 1 N–H and O–H groups in total. The number of hydrogen-bond acceptors (Lipinski definition) is 3. The Hall–Kier alpha value is -2.60. The molecule has 0 aliphatic carbocycles. The molecular formula is C18H16ClFN2O3. The third-order valence-electron chi connectivity index (χ3n) is 3.81. The van der Waals surface area contributed by atoms with E-state index in [0.717, 1.165) is 0 Å². The van der Waals surface area contributed by atoms with Crippen LogP contribution in [0.25, 0.3) is 0 Å². The Kier molecular flexibility index (Phi) is 5.19. The number of ether oxygens (including phenoxy) is 1. The van der Waals surface area contributed by atoms with Crippen molar-refractivity contribution in [3.05, 3.63) is 59.4 Å². The van der Waals surface area contributed by atoms with Crippen molar-refractivity contribution in [2.45, 2.75) is 12.5 Å². The molecule has 0 aromatic heterocycles. The maximum atomic E-state index is 13.0. The van der Waals surface area contributed by atoms with Crippen molar-refractivity contribution in [1.29, 1.82) is 0 Å². The number of nitrogens with zero attached hydrogens (tertiary/aromatic N) is 1. The van der Waals surface area contributed by atoms with Gasteiger partial charge < -0.3 is 15.0 Å². The molecule has 0 unspecified atom stereocenters. The van der Waals surface area contributed by atoms with E-state index in [4.69, 9.17) is 16.3 Å². The van der Waals surface area contributed by atoms with Gasteiger partial charge in [0.15, 0.2) is 6.61 Å². The Morgan fingerprint density at radius 2 is 1.88 bits per heavy atom. The minimum absolute atomic E-state index is 0.115. The summed E-state index contributed by atoms with van der Waals surface area (Å²) in [7, 11) is 0. The monoisotopic (exact) mass is 362 g/mol. The van der Waals surface area contributed by atoms with E-state index in [-0.39, 0.29) is 36.7 Å². The molecule has 7 heteroatoms. The number of carbonyl (C=O) groups excluding carboxylic acids is 2. The molecule has 2 amide bonds. The number of amides is 2. The number of carbonyl (C=O) groups is 2. The van der Waals surface area contributed by atoms with E-state index in [1.165, 1.54) is 17.0 Å². The minimum atomic E-state index is -0.361. The Balaban J connectivity index is 1.51. The topological polar surface area (TPSA) is 58.6 Å². The van der Waals surface area contributed by atoms with Gasteiger partial charge in [-0.1, -0.05) is 11.6 Å². The second-order valence-electron chi connectivity index (χ2n) is 5.69. The molecule has 1 fully saturated rings. The van der Waals surface area contributed by atoms with Gasteiger partial charge in [-0.2, -0.15) is 0 Å². The Labute approximate surface area is 149 Å². The molecule has 2 aromatic carbocycles. The Morgan fingerprint density at radius 3 is 2.56 bits per heavy atom. The van der Waals surface area contributed by atoms with E-state index in [2.05, 4.69) is 5.32 Å². The van der Waals surface area contributed by atoms with Crippen molar-refractivity contribution in [2.75, 3.05) is 18.1 Å². The molecule has 25 heavy (non-hydrogen) atoms. The zero-order valence-corrected chi connectivity index (χ0v) is 14.0. The first-order valence-corrected chi connectivity index (χ1v) is 8.13. The van der Waals surface area contributed by atoms with Gasteiger partial charge in [-0.05, 0) is 48.5 Å². The highest BCUT2D eigenvalue weighted by Gasteiger charge is 2.31. The number of halogens is 2. The van der Waals surface area contributed by atoms with Crippen molar-refractivity contribution >= 4 is 29.1 Å². The van der Waals surface area contributed by atoms with Gasteiger partial charge in [0, 0.05) is 23.7 Å². The van der Waals surface area contributed by atoms with Crippen molar-refractivity contribution in [3.8, 4) is 5.75 Å². The fourth-order valence-electron chi connectivity index (χ4n) is 2.62. The number of benzene rings is 2. The molecule has 0 saturated carbocycles. The van der Waals surface area contributed by atoms with Gasteiger partial charge in [0.05, 0.1) is 6.04 Å². The number of nitrogens with one attached hydrogen (secondary N) is 1. The summed E-state index contributed by atoms with van der Waals surface area (Å²) < 4.78 is 18.4. The lowest BCUT2D eigenvalue weighted by molar-refractivity contribution is -0.123. The van der Waals surface area contributed by atoms with Crippen LogP contribution in [0.5, 0.6) is 5.75 Å². The van der Waals surface area contributed by atoms with Gasteiger partial charge in [0.1, 0.15) is 11.6 Å². The molecule has 130 valence electrons. The highest BCUT2D eigenvalue weighted by Crippen LogP contribution is 2.22. The first-order valence-electron chi connectivity index (χ1n) is 7.75. The van der Waals surface area contributed by atoms with Crippen LogP contribution in [0.2, 0.25) is 5.02 Å². The molecule has 1 atom stereocenters. The van der Waals surface area contributed by atoms with Crippen LogP contribution in [0.15, 0.2) is 48.5 Å². The smallest absolute Gasteiger partial charge is 0.258 e. The van der Waals surface area contributed by atoms with E-state index in [9.17, 15) is 14.0 Å². The number of hydrogen-bond donors (Lipinski definition) is 1. The van der Waals surface area contributed by atoms with Crippen LogP contribution >= 0.6 is 11.6 Å². The Morgan fingerprint density at radius 1 is 1.20 bits per heavy atom. The van der Waals surface area contributed by atoms with Crippen LogP contribution in [0.4, 0.5) is 10.1 Å². The van der Waals surface area contributed by atoms with Crippen LogP contribution in [-0.2, 0) is 9.59 Å². The van der Waals surface area contributed by atoms with Crippen molar-refractivity contribution < 1.29 is 18.7 Å². The zero-order valence-electron chi connectivity index (χ0n) is 13.2. The lowest BCUT2D eigenvalue weighted by atomic mass is 10.2. The van der Waals surface area contributed by atoms with Crippen LogP contribution in [0.3, 0.4) is 0 Å². The van der Waals surface area contributed by atoms with Gasteiger partial charge in [0.25, 0.3) is 5.91 Å². The van der Waals surface area contributed by atoms with E-state index >= 15 is 0 Å². The summed E-state index contributed by atoms with van der Waals surface area (Å²) in [6.45, 7) is 0.194. The third-order valence-corrected chi connectivity index (χ3v) is 4.06. The molecule has 3 rings (SSSR count). The van der Waals surface area contributed by atoms with Gasteiger partial charge in [-0.3, -0.25) is 9.59 Å². The maximum Gasteiger partial charge on any atom is 0.258 e. The second kappa shape index (κ2) is 7.53. The molecule has 0 radical (unpaired) electrons.